The molecule has 0 saturated heterocycles. The van der Waals surface area contributed by atoms with Crippen LogP contribution in [0, 0.1) is 0 Å². The van der Waals surface area contributed by atoms with Gasteiger partial charge in [-0.25, -0.2) is 0 Å². The van der Waals surface area contributed by atoms with Crippen LogP contribution in [0.2, 0.25) is 0 Å². The minimum atomic E-state index is -1.29. The lowest BCUT2D eigenvalue weighted by molar-refractivity contribution is 1.56. The van der Waals surface area contributed by atoms with Crippen LogP contribution in [0.3, 0.4) is 0 Å². The van der Waals surface area contributed by atoms with Gasteiger partial charge in [0.15, 0.2) is 0 Å². The largest absolute Gasteiger partial charge is 0.0636 e. The first-order valence-corrected chi connectivity index (χ1v) is 16.8. The molecule has 0 aliphatic carbocycles. The summed E-state index contributed by atoms with van der Waals surface area (Å²) in [6, 6.07) is -33.8. The molecule has 0 bridgehead atoms. The molecule has 0 spiro atoms. The molecule has 0 heteroatoms. The molecule has 12 aromatic rings. The van der Waals surface area contributed by atoms with Crippen molar-refractivity contribution < 1.29 is 46.6 Å². The summed E-state index contributed by atoms with van der Waals surface area (Å²) in [5.74, 6) is 0. The standard InChI is InChI=1S/C56H34/c1-2-8-35(9-3-1)46-32-47(42-14-6-16-44(30-42)49-26-22-40-20-18-36-10-4-12-38-24-28-51(49)55(40)53(36)38)34-48(33-46)43-15-7-17-45(31-43)50-27-23-41-21-19-37-11-5-13-39-25-29-52(50)56(41)54(37)39/h1-34H/i1D,2D,3D,4D,5D,6D,7D,8D,9D,10D,11D,12D,13D,14D,15D,16D,17D,18D,19D,20D,21D,22D,23D,24D,25D,26D,27D,28D,29D,30D,31D,32D,33D,34D. The predicted molar refractivity (Wildman–Crippen MR) is 241 cm³/mol. The van der Waals surface area contributed by atoms with Gasteiger partial charge < -0.3 is 0 Å². The van der Waals surface area contributed by atoms with Crippen LogP contribution in [0.4, 0.5) is 0 Å². The molecule has 0 radical (unpaired) electrons. The quantitative estimate of drug-likeness (QED) is 0.154. The van der Waals surface area contributed by atoms with Crippen molar-refractivity contribution in [3.05, 3.63) is 205 Å². The molecule has 0 N–H and O–H groups in total. The Kier molecular flexibility index (Phi) is 2.73. The molecule has 0 fully saturated rings. The number of hydrogen-bond donors (Lipinski definition) is 0. The van der Waals surface area contributed by atoms with Crippen LogP contribution in [-0.4, -0.2) is 0 Å². The van der Waals surface area contributed by atoms with E-state index in [9.17, 15) is 26.0 Å². The van der Waals surface area contributed by atoms with Gasteiger partial charge in [-0.2, -0.15) is 0 Å². The molecule has 12 rings (SSSR count). The van der Waals surface area contributed by atoms with E-state index in [2.05, 4.69) is 0 Å². The van der Waals surface area contributed by atoms with Crippen LogP contribution >= 0.6 is 0 Å². The van der Waals surface area contributed by atoms with Crippen LogP contribution in [-0.2, 0) is 0 Å². The van der Waals surface area contributed by atoms with E-state index >= 15 is 0 Å². The van der Waals surface area contributed by atoms with Gasteiger partial charge in [0.1, 0.15) is 0 Å². The van der Waals surface area contributed by atoms with E-state index in [1.54, 1.807) is 0 Å². The Hall–Kier alpha value is -7.28. The van der Waals surface area contributed by atoms with Crippen molar-refractivity contribution in [3.8, 4) is 55.6 Å². The molecular formula is C56H34. The highest BCUT2D eigenvalue weighted by molar-refractivity contribution is 6.26. The lowest BCUT2D eigenvalue weighted by Gasteiger charge is -2.16. The topological polar surface area (TPSA) is 0 Å². The van der Waals surface area contributed by atoms with Crippen molar-refractivity contribution in [1.82, 2.24) is 0 Å². The average molecular weight is 741 g/mol. The third kappa shape index (κ3) is 4.79. The molecule has 0 atom stereocenters. The summed E-state index contributed by atoms with van der Waals surface area (Å²) in [6.45, 7) is 0. The maximum Gasteiger partial charge on any atom is 0.0636 e. The van der Waals surface area contributed by atoms with Crippen molar-refractivity contribution in [3.63, 3.8) is 0 Å². The Morgan fingerprint density at radius 1 is 0.214 bits per heavy atom. The summed E-state index contributed by atoms with van der Waals surface area (Å²) in [5, 5.41) is -5.81. The molecule has 56 heavy (non-hydrogen) atoms. The Morgan fingerprint density at radius 2 is 0.536 bits per heavy atom. The fraction of sp³-hybridized carbons (Fsp3) is 0. The average Bonchev–Trinajstić information content (AvgIpc) is 0.694. The molecule has 0 aliphatic rings. The lowest BCUT2D eigenvalue weighted by Crippen LogP contribution is -1.90. The normalized spacial score (nSPS) is 20.4. The highest BCUT2D eigenvalue weighted by Crippen LogP contribution is 2.43. The van der Waals surface area contributed by atoms with Gasteiger partial charge >= 0.3 is 0 Å². The van der Waals surface area contributed by atoms with Crippen molar-refractivity contribution in [2.45, 2.75) is 0 Å². The molecular weight excluding hydrogens is 673 g/mol. The van der Waals surface area contributed by atoms with E-state index < -0.39 is 315 Å². The summed E-state index contributed by atoms with van der Waals surface area (Å²) in [7, 11) is 0. The predicted octanol–water partition coefficient (Wildman–Crippen LogP) is 15.8. The second-order valence-electron chi connectivity index (χ2n) is 12.5. The molecule has 0 amide bonds. The first kappa shape index (κ1) is 12.6. The third-order valence-corrected chi connectivity index (χ3v) is 9.38. The molecule has 0 aliphatic heterocycles. The highest BCUT2D eigenvalue weighted by atomic mass is 14.2. The molecule has 0 saturated carbocycles. The fourth-order valence-electron chi connectivity index (χ4n) is 6.91. The van der Waals surface area contributed by atoms with Crippen molar-refractivity contribution in [2.75, 3.05) is 0 Å². The Bertz CT molecular complexity index is 5080. The Balaban J connectivity index is 1.28. The van der Waals surface area contributed by atoms with Crippen LogP contribution in [0.5, 0.6) is 0 Å². The van der Waals surface area contributed by atoms with Gasteiger partial charge in [0.25, 0.3) is 0 Å². The summed E-state index contributed by atoms with van der Waals surface area (Å²) in [4.78, 5) is 0. The first-order chi connectivity index (χ1) is 42.0. The van der Waals surface area contributed by atoms with Gasteiger partial charge in [-0.1, -0.05) is 175 Å². The van der Waals surface area contributed by atoms with Crippen molar-refractivity contribution in [2.24, 2.45) is 0 Å². The molecule has 0 heterocycles. The van der Waals surface area contributed by atoms with Crippen LogP contribution < -0.4 is 0 Å². The van der Waals surface area contributed by atoms with Gasteiger partial charge in [-0.05, 0) is 150 Å². The number of benzene rings is 12. The Morgan fingerprint density at radius 3 is 1.00 bits per heavy atom. The van der Waals surface area contributed by atoms with Gasteiger partial charge in [0.2, 0.25) is 0 Å². The molecule has 0 nitrogen and oxygen atoms in total. The zero-order valence-corrected chi connectivity index (χ0v) is 28.0. The fourth-order valence-corrected chi connectivity index (χ4v) is 6.91. The van der Waals surface area contributed by atoms with E-state index in [-0.39, 0.29) is 10.8 Å². The Labute approximate surface area is 373 Å². The van der Waals surface area contributed by atoms with Crippen LogP contribution in [0.25, 0.3) is 120 Å². The second-order valence-corrected chi connectivity index (χ2v) is 12.5. The van der Waals surface area contributed by atoms with E-state index in [4.69, 9.17) is 20.6 Å². The number of rotatable bonds is 5. The minimum Gasteiger partial charge on any atom is -0.0622 e. The monoisotopic (exact) mass is 740 g/mol. The van der Waals surface area contributed by atoms with E-state index in [0.29, 0.717) is 0 Å². The summed E-state index contributed by atoms with van der Waals surface area (Å²) < 4.78 is 313. The maximum absolute atomic E-state index is 10.1. The van der Waals surface area contributed by atoms with Crippen LogP contribution in [0.15, 0.2) is 205 Å². The SMILES string of the molecule is [2H]c1c([2H])c([2H])c(-c2c([2H])c(-c3c([2H])c([2H])c([2H])c(-c4c([2H])c([2H])c5c([2H])c([2H])c6c([2H])c([2H])c([2H])c7c([2H])c([2H])c4c5c67)c3[2H])c([2H])c(-c3c([2H])c([2H])c([2H])c(-c4c([2H])c([2H])c5c([2H])c([2H])c6c([2H])c([2H])c([2H])c7c([2H])c([2H])c4c5c67)c3[2H])c2[2H])c([2H])c1[2H]. The summed E-state index contributed by atoms with van der Waals surface area (Å²) in [6.07, 6.45) is 0. The molecule has 258 valence electrons. The zero-order chi connectivity index (χ0) is 66.3. The molecule has 0 unspecified atom stereocenters. The summed E-state index contributed by atoms with van der Waals surface area (Å²) >= 11 is 0. The van der Waals surface area contributed by atoms with E-state index in [0.717, 1.165) is 0 Å². The first-order valence-electron chi connectivity index (χ1n) is 33.8. The second kappa shape index (κ2) is 12.1. The number of hydrogen-bond acceptors (Lipinski definition) is 0. The van der Waals surface area contributed by atoms with Gasteiger partial charge in [-0.3, -0.25) is 0 Å². The zero-order valence-electron chi connectivity index (χ0n) is 62.0. The van der Waals surface area contributed by atoms with Crippen molar-refractivity contribution >= 4 is 64.6 Å². The van der Waals surface area contributed by atoms with E-state index in [1.165, 1.54) is 0 Å². The van der Waals surface area contributed by atoms with E-state index in [1.807, 2.05) is 0 Å². The third-order valence-electron chi connectivity index (χ3n) is 9.38. The van der Waals surface area contributed by atoms with Gasteiger partial charge in [0, 0.05) is 0 Å². The minimum absolute atomic E-state index is 0.359. The lowest BCUT2D eigenvalue weighted by atomic mass is 9.88. The molecule has 0 aromatic heterocycles. The highest BCUT2D eigenvalue weighted by Gasteiger charge is 2.16. The summed E-state index contributed by atoms with van der Waals surface area (Å²) in [5.41, 5.74) is -9.97. The van der Waals surface area contributed by atoms with Crippen molar-refractivity contribution in [1.29, 1.82) is 0 Å². The van der Waals surface area contributed by atoms with Gasteiger partial charge in [-0.15, -0.1) is 0 Å². The van der Waals surface area contributed by atoms with Gasteiger partial charge in [0.05, 0.1) is 46.6 Å². The van der Waals surface area contributed by atoms with Crippen LogP contribution in [0.1, 0.15) is 46.6 Å². The maximum atomic E-state index is 10.1. The molecule has 12 aromatic carbocycles. The smallest absolute Gasteiger partial charge is 0.0622 e.